The van der Waals surface area contributed by atoms with Gasteiger partial charge in [-0.25, -0.2) is 9.98 Å². The van der Waals surface area contributed by atoms with Crippen LogP contribution in [-0.4, -0.2) is 72.5 Å². The molecule has 2 N–H and O–H groups in total. The van der Waals surface area contributed by atoms with Crippen LogP contribution in [0.4, 0.5) is 0 Å². The highest BCUT2D eigenvalue weighted by atomic mass is 127. The van der Waals surface area contributed by atoms with Crippen LogP contribution in [0.2, 0.25) is 0 Å². The van der Waals surface area contributed by atoms with E-state index in [2.05, 4.69) is 46.3 Å². The Kier molecular flexibility index (Phi) is 10.2. The van der Waals surface area contributed by atoms with E-state index < -0.39 is 0 Å². The molecule has 1 aliphatic rings. The molecule has 1 amide bonds. The lowest BCUT2D eigenvalue weighted by Gasteiger charge is -2.34. The average molecular weight is 506 g/mol. The Bertz CT molecular complexity index is 633. The van der Waals surface area contributed by atoms with E-state index in [1.807, 2.05) is 11.8 Å². The standard InChI is InChI=1S/C19H34N6O2.HI/c1-6-20-18(23-14-17-22-13-16(27-17)19(3,4)5)21-7-8-24-9-11-25(12-10-24)15(2)26;/h13H,6-12,14H2,1-5H3,(H2,20,21,23);1H. The maximum Gasteiger partial charge on any atom is 0.219 e. The van der Waals surface area contributed by atoms with Crippen molar-refractivity contribution in [3.63, 3.8) is 0 Å². The smallest absolute Gasteiger partial charge is 0.219 e. The maximum absolute atomic E-state index is 11.4. The van der Waals surface area contributed by atoms with E-state index in [0.717, 1.165) is 57.5 Å². The van der Waals surface area contributed by atoms with Crippen molar-refractivity contribution < 1.29 is 9.21 Å². The molecule has 0 aromatic carbocycles. The Morgan fingerprint density at radius 1 is 1.25 bits per heavy atom. The summed E-state index contributed by atoms with van der Waals surface area (Å²) in [5.41, 5.74) is -0.0515. The molecule has 0 bridgehead atoms. The average Bonchev–Trinajstić information content (AvgIpc) is 3.09. The van der Waals surface area contributed by atoms with E-state index in [-0.39, 0.29) is 35.3 Å². The van der Waals surface area contributed by atoms with Crippen molar-refractivity contribution in [3.8, 4) is 0 Å². The molecule has 2 heterocycles. The zero-order valence-electron chi connectivity index (χ0n) is 17.7. The van der Waals surface area contributed by atoms with Crippen molar-refractivity contribution in [2.45, 2.75) is 46.6 Å². The third kappa shape index (κ3) is 7.94. The van der Waals surface area contributed by atoms with Crippen molar-refractivity contribution in [1.29, 1.82) is 0 Å². The van der Waals surface area contributed by atoms with Gasteiger partial charge in [0.15, 0.2) is 5.96 Å². The second-order valence-electron chi connectivity index (χ2n) is 7.84. The molecule has 0 spiro atoms. The highest BCUT2D eigenvalue weighted by Crippen LogP contribution is 2.22. The molecule has 1 aromatic rings. The predicted molar refractivity (Wildman–Crippen MR) is 122 cm³/mol. The summed E-state index contributed by atoms with van der Waals surface area (Å²) in [4.78, 5) is 24.5. The highest BCUT2D eigenvalue weighted by molar-refractivity contribution is 14.0. The quantitative estimate of drug-likeness (QED) is 0.348. The van der Waals surface area contributed by atoms with Crippen LogP contribution in [0.15, 0.2) is 15.6 Å². The minimum absolute atomic E-state index is 0. The number of carbonyl (C=O) groups excluding carboxylic acids is 1. The summed E-state index contributed by atoms with van der Waals surface area (Å²) in [6.45, 7) is 16.3. The molecule has 28 heavy (non-hydrogen) atoms. The van der Waals surface area contributed by atoms with Gasteiger partial charge < -0.3 is 20.0 Å². The van der Waals surface area contributed by atoms with Gasteiger partial charge in [0, 0.05) is 58.2 Å². The summed E-state index contributed by atoms with van der Waals surface area (Å²) in [7, 11) is 0. The van der Waals surface area contributed by atoms with E-state index in [4.69, 9.17) is 4.42 Å². The first-order valence-corrected chi connectivity index (χ1v) is 9.75. The van der Waals surface area contributed by atoms with Crippen LogP contribution >= 0.6 is 24.0 Å². The normalized spacial score (nSPS) is 15.9. The number of halogens is 1. The van der Waals surface area contributed by atoms with Gasteiger partial charge in [0.25, 0.3) is 0 Å². The number of piperazine rings is 1. The number of nitrogens with one attached hydrogen (secondary N) is 2. The number of rotatable bonds is 6. The monoisotopic (exact) mass is 506 g/mol. The first-order valence-electron chi connectivity index (χ1n) is 9.75. The third-order valence-electron chi connectivity index (χ3n) is 4.55. The van der Waals surface area contributed by atoms with Crippen molar-refractivity contribution in [2.75, 3.05) is 45.8 Å². The van der Waals surface area contributed by atoms with E-state index in [1.165, 1.54) is 0 Å². The molecule has 0 aliphatic carbocycles. The number of amides is 1. The number of hydrogen-bond acceptors (Lipinski definition) is 5. The number of hydrogen-bond donors (Lipinski definition) is 2. The first kappa shape index (κ1) is 24.7. The Morgan fingerprint density at radius 2 is 1.93 bits per heavy atom. The lowest BCUT2D eigenvalue weighted by molar-refractivity contribution is -0.130. The zero-order valence-corrected chi connectivity index (χ0v) is 20.1. The molecular weight excluding hydrogens is 471 g/mol. The molecule has 1 aromatic heterocycles. The second-order valence-corrected chi connectivity index (χ2v) is 7.84. The molecule has 9 heteroatoms. The van der Waals surface area contributed by atoms with Gasteiger partial charge in [-0.2, -0.15) is 0 Å². The van der Waals surface area contributed by atoms with Crippen LogP contribution in [0.5, 0.6) is 0 Å². The summed E-state index contributed by atoms with van der Waals surface area (Å²) in [5, 5.41) is 6.60. The lowest BCUT2D eigenvalue weighted by Crippen LogP contribution is -2.50. The first-order chi connectivity index (χ1) is 12.8. The van der Waals surface area contributed by atoms with Crippen molar-refractivity contribution in [3.05, 3.63) is 17.8 Å². The van der Waals surface area contributed by atoms with Crippen LogP contribution < -0.4 is 10.6 Å². The molecule has 1 fully saturated rings. The third-order valence-corrected chi connectivity index (χ3v) is 4.55. The Hall–Kier alpha value is -1.36. The molecule has 8 nitrogen and oxygen atoms in total. The number of nitrogens with zero attached hydrogens (tertiary/aromatic N) is 4. The van der Waals surface area contributed by atoms with Gasteiger partial charge in [-0.3, -0.25) is 9.69 Å². The molecular formula is C19H35IN6O2. The van der Waals surface area contributed by atoms with Gasteiger partial charge in [-0.05, 0) is 6.92 Å². The van der Waals surface area contributed by atoms with Crippen LogP contribution in [0, 0.1) is 0 Å². The largest absolute Gasteiger partial charge is 0.443 e. The molecule has 0 unspecified atom stereocenters. The lowest BCUT2D eigenvalue weighted by atomic mass is 9.94. The summed E-state index contributed by atoms with van der Waals surface area (Å²) in [6.07, 6.45) is 1.78. The van der Waals surface area contributed by atoms with Crippen molar-refractivity contribution in [2.24, 2.45) is 4.99 Å². The number of carbonyl (C=O) groups is 1. The SMILES string of the molecule is CCNC(=NCc1ncc(C(C)(C)C)o1)NCCN1CCN(C(C)=O)CC1.I. The fraction of sp³-hybridized carbons (Fsp3) is 0.737. The van der Waals surface area contributed by atoms with Crippen LogP contribution in [0.25, 0.3) is 0 Å². The summed E-state index contributed by atoms with van der Waals surface area (Å²) >= 11 is 0. The van der Waals surface area contributed by atoms with E-state index in [1.54, 1.807) is 13.1 Å². The summed E-state index contributed by atoms with van der Waals surface area (Å²) in [5.74, 6) is 2.42. The van der Waals surface area contributed by atoms with Crippen LogP contribution in [0.3, 0.4) is 0 Å². The van der Waals surface area contributed by atoms with Crippen molar-refractivity contribution in [1.82, 2.24) is 25.4 Å². The van der Waals surface area contributed by atoms with Gasteiger partial charge in [0.1, 0.15) is 12.3 Å². The predicted octanol–water partition coefficient (Wildman–Crippen LogP) is 1.81. The Morgan fingerprint density at radius 3 is 2.46 bits per heavy atom. The molecule has 0 atom stereocenters. The molecule has 2 rings (SSSR count). The number of oxazole rings is 1. The minimum atomic E-state index is -0.0515. The summed E-state index contributed by atoms with van der Waals surface area (Å²) < 4.78 is 5.79. The van der Waals surface area contributed by atoms with Gasteiger partial charge in [0.05, 0.1) is 6.20 Å². The van der Waals surface area contributed by atoms with E-state index >= 15 is 0 Å². The number of aliphatic imine (C=N–C) groups is 1. The fourth-order valence-electron chi connectivity index (χ4n) is 2.84. The van der Waals surface area contributed by atoms with Crippen LogP contribution in [0.1, 0.15) is 46.3 Å². The molecule has 0 saturated carbocycles. The van der Waals surface area contributed by atoms with Crippen molar-refractivity contribution >= 4 is 35.8 Å². The Balaban J connectivity index is 0.00000392. The fourth-order valence-corrected chi connectivity index (χ4v) is 2.84. The number of guanidine groups is 1. The molecule has 160 valence electrons. The highest BCUT2D eigenvalue weighted by Gasteiger charge is 2.19. The topological polar surface area (TPSA) is 86.0 Å². The molecule has 1 aliphatic heterocycles. The van der Waals surface area contributed by atoms with E-state index in [9.17, 15) is 4.79 Å². The zero-order chi connectivity index (χ0) is 19.9. The minimum Gasteiger partial charge on any atom is -0.443 e. The molecule has 0 radical (unpaired) electrons. The van der Waals surface area contributed by atoms with Gasteiger partial charge in [-0.1, -0.05) is 20.8 Å². The Labute approximate surface area is 185 Å². The summed E-state index contributed by atoms with van der Waals surface area (Å²) in [6, 6.07) is 0. The van der Waals surface area contributed by atoms with Gasteiger partial charge in [0.2, 0.25) is 11.8 Å². The number of aromatic nitrogens is 1. The second kappa shape index (κ2) is 11.6. The van der Waals surface area contributed by atoms with E-state index in [0.29, 0.717) is 12.4 Å². The van der Waals surface area contributed by atoms with Crippen LogP contribution in [-0.2, 0) is 16.8 Å². The van der Waals surface area contributed by atoms with Gasteiger partial charge >= 0.3 is 0 Å². The maximum atomic E-state index is 11.4. The van der Waals surface area contributed by atoms with Gasteiger partial charge in [-0.15, -0.1) is 24.0 Å². The molecule has 1 saturated heterocycles.